The summed E-state index contributed by atoms with van der Waals surface area (Å²) in [7, 11) is 0. The van der Waals surface area contributed by atoms with Crippen molar-refractivity contribution in [2.75, 3.05) is 0 Å². The quantitative estimate of drug-likeness (QED) is 0.846. The van der Waals surface area contributed by atoms with Gasteiger partial charge in [0, 0.05) is 6.20 Å². The van der Waals surface area contributed by atoms with Gasteiger partial charge in [0.15, 0.2) is 0 Å². The van der Waals surface area contributed by atoms with Crippen molar-refractivity contribution in [3.05, 3.63) is 63.9 Å². The molecule has 0 amide bonds. The predicted octanol–water partition coefficient (Wildman–Crippen LogP) is 4.14. The molecule has 20 heavy (non-hydrogen) atoms. The first-order valence-electron chi connectivity index (χ1n) is 5.76. The van der Waals surface area contributed by atoms with Gasteiger partial charge in [-0.1, -0.05) is 17.7 Å². The highest BCUT2D eigenvalue weighted by Crippen LogP contribution is 2.33. The molecule has 1 aromatic carbocycles. The Labute approximate surface area is 118 Å². The van der Waals surface area contributed by atoms with Crippen molar-refractivity contribution in [3.8, 4) is 0 Å². The second-order valence-electron chi connectivity index (χ2n) is 4.38. The van der Waals surface area contributed by atoms with Crippen LogP contribution in [-0.4, -0.2) is 10.1 Å². The molecule has 1 aromatic heterocycles. The van der Waals surface area contributed by atoms with Crippen LogP contribution < -0.4 is 0 Å². The van der Waals surface area contributed by atoms with Gasteiger partial charge >= 0.3 is 6.18 Å². The van der Waals surface area contributed by atoms with Crippen LogP contribution in [0.1, 0.15) is 28.4 Å². The molecule has 2 nitrogen and oxygen atoms in total. The first kappa shape index (κ1) is 14.8. The fraction of sp³-hybridized carbons (Fsp3) is 0.214. The lowest BCUT2D eigenvalue weighted by Gasteiger charge is -2.16. The Morgan fingerprint density at radius 3 is 2.45 bits per heavy atom. The van der Waals surface area contributed by atoms with Crippen molar-refractivity contribution >= 4 is 11.6 Å². The average molecular weight is 302 g/mol. The standard InChI is InChI=1S/C14H11ClF3NO/c1-8-6-10(14(16,17)18)2-3-11(8)13(20)9-4-5-19-12(15)7-9/h2-7,13,20H,1H3. The van der Waals surface area contributed by atoms with Gasteiger partial charge < -0.3 is 5.11 Å². The predicted molar refractivity (Wildman–Crippen MR) is 69.5 cm³/mol. The number of halogens is 4. The highest BCUT2D eigenvalue weighted by molar-refractivity contribution is 6.29. The number of alkyl halides is 3. The van der Waals surface area contributed by atoms with Gasteiger partial charge in [0.05, 0.1) is 5.56 Å². The summed E-state index contributed by atoms with van der Waals surface area (Å²) in [6.45, 7) is 1.52. The third kappa shape index (κ3) is 3.11. The first-order valence-corrected chi connectivity index (χ1v) is 6.14. The second kappa shape index (κ2) is 5.42. The zero-order valence-electron chi connectivity index (χ0n) is 10.4. The Balaban J connectivity index is 2.38. The van der Waals surface area contributed by atoms with Gasteiger partial charge in [0.25, 0.3) is 0 Å². The molecule has 1 heterocycles. The van der Waals surface area contributed by atoms with Gasteiger partial charge in [-0.25, -0.2) is 4.98 Å². The summed E-state index contributed by atoms with van der Waals surface area (Å²) < 4.78 is 37.8. The van der Waals surface area contributed by atoms with Crippen molar-refractivity contribution in [2.24, 2.45) is 0 Å². The molecule has 106 valence electrons. The maximum absolute atomic E-state index is 12.6. The van der Waals surface area contributed by atoms with Crippen LogP contribution in [0.5, 0.6) is 0 Å². The number of aliphatic hydroxyl groups is 1. The molecule has 0 saturated carbocycles. The number of benzene rings is 1. The van der Waals surface area contributed by atoms with Crippen LogP contribution in [0.3, 0.4) is 0 Å². The largest absolute Gasteiger partial charge is 0.416 e. The van der Waals surface area contributed by atoms with Crippen LogP contribution in [0.4, 0.5) is 13.2 Å². The summed E-state index contributed by atoms with van der Waals surface area (Å²) >= 11 is 5.73. The fourth-order valence-corrected chi connectivity index (χ4v) is 2.11. The summed E-state index contributed by atoms with van der Waals surface area (Å²) in [6.07, 6.45) is -4.01. The maximum atomic E-state index is 12.6. The number of aliphatic hydroxyl groups excluding tert-OH is 1. The van der Waals surface area contributed by atoms with E-state index in [0.717, 1.165) is 12.1 Å². The lowest BCUT2D eigenvalue weighted by Crippen LogP contribution is -2.08. The molecule has 1 unspecified atom stereocenters. The van der Waals surface area contributed by atoms with Gasteiger partial charge in [-0.15, -0.1) is 0 Å². The number of hydrogen-bond acceptors (Lipinski definition) is 2. The molecule has 6 heteroatoms. The molecule has 0 spiro atoms. The topological polar surface area (TPSA) is 33.1 Å². The van der Waals surface area contributed by atoms with E-state index in [0.29, 0.717) is 16.7 Å². The molecule has 0 aliphatic carbocycles. The van der Waals surface area contributed by atoms with Gasteiger partial charge in [0.2, 0.25) is 0 Å². The van der Waals surface area contributed by atoms with E-state index in [-0.39, 0.29) is 5.15 Å². The Morgan fingerprint density at radius 2 is 1.90 bits per heavy atom. The van der Waals surface area contributed by atoms with Crippen LogP contribution >= 0.6 is 11.6 Å². The van der Waals surface area contributed by atoms with E-state index in [4.69, 9.17) is 11.6 Å². The van der Waals surface area contributed by atoms with Crippen molar-refractivity contribution in [1.82, 2.24) is 4.98 Å². The summed E-state index contributed by atoms with van der Waals surface area (Å²) in [5.74, 6) is 0. The van der Waals surface area contributed by atoms with Gasteiger partial charge in [-0.3, -0.25) is 0 Å². The van der Waals surface area contributed by atoms with Gasteiger partial charge in [-0.05, 0) is 47.9 Å². The number of pyridine rings is 1. The molecular formula is C14H11ClF3NO. The minimum Gasteiger partial charge on any atom is -0.384 e. The van der Waals surface area contributed by atoms with E-state index in [1.54, 1.807) is 6.07 Å². The second-order valence-corrected chi connectivity index (χ2v) is 4.77. The zero-order valence-corrected chi connectivity index (χ0v) is 11.2. The number of rotatable bonds is 2. The summed E-state index contributed by atoms with van der Waals surface area (Å²) in [5.41, 5.74) is 0.507. The smallest absolute Gasteiger partial charge is 0.384 e. The molecule has 1 N–H and O–H groups in total. The number of aryl methyl sites for hydroxylation is 1. The fourth-order valence-electron chi connectivity index (χ4n) is 1.93. The molecule has 1 atom stereocenters. The van der Waals surface area contributed by atoms with E-state index in [1.165, 1.54) is 25.3 Å². The van der Waals surface area contributed by atoms with Crippen molar-refractivity contribution < 1.29 is 18.3 Å². The molecule has 2 aromatic rings. The number of nitrogens with zero attached hydrogens (tertiary/aromatic N) is 1. The van der Waals surface area contributed by atoms with Gasteiger partial charge in [-0.2, -0.15) is 13.2 Å². The third-order valence-corrected chi connectivity index (χ3v) is 3.16. The molecule has 0 saturated heterocycles. The average Bonchev–Trinajstić information content (AvgIpc) is 2.36. The Kier molecular flexibility index (Phi) is 4.01. The zero-order chi connectivity index (χ0) is 14.9. The molecule has 0 aliphatic heterocycles. The van der Waals surface area contributed by atoms with Crippen LogP contribution in [0.2, 0.25) is 5.15 Å². The number of hydrogen-bond donors (Lipinski definition) is 1. The Morgan fingerprint density at radius 1 is 1.20 bits per heavy atom. The SMILES string of the molecule is Cc1cc(C(F)(F)F)ccc1C(O)c1ccnc(Cl)c1. The van der Waals surface area contributed by atoms with E-state index < -0.39 is 17.8 Å². The maximum Gasteiger partial charge on any atom is 0.416 e. The first-order chi connectivity index (χ1) is 9.29. The van der Waals surface area contributed by atoms with Crippen LogP contribution in [0.15, 0.2) is 36.5 Å². The van der Waals surface area contributed by atoms with E-state index >= 15 is 0 Å². The third-order valence-electron chi connectivity index (χ3n) is 2.96. The van der Waals surface area contributed by atoms with E-state index in [2.05, 4.69) is 4.98 Å². The van der Waals surface area contributed by atoms with Crippen molar-refractivity contribution in [1.29, 1.82) is 0 Å². The highest BCUT2D eigenvalue weighted by atomic mass is 35.5. The van der Waals surface area contributed by atoms with Crippen LogP contribution in [0.25, 0.3) is 0 Å². The van der Waals surface area contributed by atoms with Crippen LogP contribution in [0, 0.1) is 6.92 Å². The summed E-state index contributed by atoms with van der Waals surface area (Å²) in [4.78, 5) is 3.79. The normalized spacial score (nSPS) is 13.3. The van der Waals surface area contributed by atoms with E-state index in [9.17, 15) is 18.3 Å². The molecule has 0 bridgehead atoms. The molecule has 0 radical (unpaired) electrons. The monoisotopic (exact) mass is 301 g/mol. The lowest BCUT2D eigenvalue weighted by atomic mass is 9.96. The summed E-state index contributed by atoms with van der Waals surface area (Å²) in [6, 6.07) is 6.28. The Hall–Kier alpha value is -1.59. The Bertz CT molecular complexity index is 628. The molecule has 0 aliphatic rings. The van der Waals surface area contributed by atoms with Gasteiger partial charge in [0.1, 0.15) is 11.3 Å². The summed E-state index contributed by atoms with van der Waals surface area (Å²) in [5, 5.41) is 10.4. The van der Waals surface area contributed by atoms with Crippen LogP contribution in [-0.2, 0) is 6.18 Å². The van der Waals surface area contributed by atoms with E-state index in [1.807, 2.05) is 0 Å². The minimum absolute atomic E-state index is 0.214. The number of aromatic nitrogens is 1. The van der Waals surface area contributed by atoms with Crippen molar-refractivity contribution in [3.63, 3.8) is 0 Å². The molecule has 2 rings (SSSR count). The highest BCUT2D eigenvalue weighted by Gasteiger charge is 2.31. The minimum atomic E-state index is -4.39. The molecular weight excluding hydrogens is 291 g/mol. The molecule has 0 fully saturated rings. The lowest BCUT2D eigenvalue weighted by molar-refractivity contribution is -0.137. The van der Waals surface area contributed by atoms with Crippen molar-refractivity contribution in [2.45, 2.75) is 19.2 Å².